The van der Waals surface area contributed by atoms with Crippen molar-refractivity contribution in [3.63, 3.8) is 0 Å². The Morgan fingerprint density at radius 1 is 1.09 bits per heavy atom. The zero-order valence-corrected chi connectivity index (χ0v) is 13.2. The molecule has 0 saturated carbocycles. The molecule has 0 radical (unpaired) electrons. The van der Waals surface area contributed by atoms with Gasteiger partial charge in [0.2, 0.25) is 0 Å². The Hall–Kier alpha value is -1.96. The van der Waals surface area contributed by atoms with Crippen LogP contribution in [0.2, 0.25) is 0 Å². The van der Waals surface area contributed by atoms with Crippen molar-refractivity contribution in [2.75, 3.05) is 4.72 Å². The summed E-state index contributed by atoms with van der Waals surface area (Å²) < 4.78 is 28.9. The highest BCUT2D eigenvalue weighted by atomic mass is 32.2. The van der Waals surface area contributed by atoms with Gasteiger partial charge in [0.05, 0.1) is 5.69 Å². The van der Waals surface area contributed by atoms with Crippen molar-refractivity contribution in [3.05, 3.63) is 59.9 Å². The van der Waals surface area contributed by atoms with E-state index in [1.54, 1.807) is 62.6 Å². The van der Waals surface area contributed by atoms with Crippen LogP contribution in [-0.2, 0) is 10.2 Å². The number of hydrogen-bond acceptors (Lipinski definition) is 4. The zero-order chi connectivity index (χ0) is 16.2. The molecule has 0 saturated heterocycles. The van der Waals surface area contributed by atoms with Crippen molar-refractivity contribution in [1.29, 1.82) is 0 Å². The van der Waals surface area contributed by atoms with Crippen LogP contribution in [0.25, 0.3) is 0 Å². The molecule has 1 unspecified atom stereocenters. The lowest BCUT2D eigenvalue weighted by molar-refractivity contribution is 0.221. The molecule has 0 bridgehead atoms. The van der Waals surface area contributed by atoms with Crippen LogP contribution in [-0.4, -0.2) is 24.6 Å². The van der Waals surface area contributed by atoms with E-state index in [1.165, 1.54) is 0 Å². The molecule has 6 nitrogen and oxygen atoms in total. The Morgan fingerprint density at radius 2 is 1.73 bits per heavy atom. The van der Waals surface area contributed by atoms with Crippen molar-refractivity contribution >= 4 is 15.9 Å². The first-order valence-electron chi connectivity index (χ1n) is 6.86. The number of rotatable bonds is 6. The molecule has 1 heterocycles. The average Bonchev–Trinajstić information content (AvgIpc) is 2.46. The van der Waals surface area contributed by atoms with Gasteiger partial charge in [0, 0.05) is 24.0 Å². The number of para-hydroxylation sites is 1. The van der Waals surface area contributed by atoms with E-state index in [4.69, 9.17) is 0 Å². The van der Waals surface area contributed by atoms with Gasteiger partial charge in [-0.05, 0) is 37.6 Å². The van der Waals surface area contributed by atoms with E-state index in [1.807, 2.05) is 0 Å². The van der Waals surface area contributed by atoms with E-state index >= 15 is 0 Å². The summed E-state index contributed by atoms with van der Waals surface area (Å²) in [4.78, 5) is 3.90. The molecular weight excluding hydrogens is 302 g/mol. The minimum Gasteiger partial charge on any atom is -0.384 e. The van der Waals surface area contributed by atoms with Gasteiger partial charge in [0.25, 0.3) is 10.2 Å². The summed E-state index contributed by atoms with van der Waals surface area (Å²) in [6.45, 7) is 3.47. The SMILES string of the molecule is CC(C)NS(=O)(=O)Nc1ccccc1C(O)c1ccncc1. The second-order valence-electron chi connectivity index (χ2n) is 5.15. The number of nitrogens with one attached hydrogen (secondary N) is 2. The Kier molecular flexibility index (Phi) is 5.12. The largest absolute Gasteiger partial charge is 0.384 e. The van der Waals surface area contributed by atoms with Gasteiger partial charge in [0.15, 0.2) is 0 Å². The number of nitrogens with zero attached hydrogens (tertiary/aromatic N) is 1. The number of benzene rings is 1. The number of aliphatic hydroxyl groups is 1. The Labute approximate surface area is 130 Å². The third-order valence-corrected chi connectivity index (χ3v) is 4.18. The number of aliphatic hydroxyl groups excluding tert-OH is 1. The molecule has 1 aromatic heterocycles. The van der Waals surface area contributed by atoms with Crippen molar-refractivity contribution in [2.45, 2.75) is 26.0 Å². The number of aromatic nitrogens is 1. The van der Waals surface area contributed by atoms with E-state index < -0.39 is 16.3 Å². The van der Waals surface area contributed by atoms with Gasteiger partial charge in [-0.2, -0.15) is 13.1 Å². The molecule has 22 heavy (non-hydrogen) atoms. The predicted molar refractivity (Wildman–Crippen MR) is 85.6 cm³/mol. The molecule has 0 aliphatic rings. The van der Waals surface area contributed by atoms with Crippen molar-refractivity contribution in [1.82, 2.24) is 9.71 Å². The van der Waals surface area contributed by atoms with Crippen LogP contribution in [0.5, 0.6) is 0 Å². The first-order chi connectivity index (χ1) is 10.4. The van der Waals surface area contributed by atoms with E-state index in [9.17, 15) is 13.5 Å². The van der Waals surface area contributed by atoms with E-state index in [2.05, 4.69) is 14.4 Å². The smallest absolute Gasteiger partial charge is 0.299 e. The van der Waals surface area contributed by atoms with Crippen LogP contribution in [0.15, 0.2) is 48.8 Å². The molecule has 7 heteroatoms. The van der Waals surface area contributed by atoms with Crippen molar-refractivity contribution in [3.8, 4) is 0 Å². The molecule has 1 aromatic carbocycles. The van der Waals surface area contributed by atoms with E-state index in [0.29, 0.717) is 16.8 Å². The predicted octanol–water partition coefficient (Wildman–Crippen LogP) is 1.82. The summed E-state index contributed by atoms with van der Waals surface area (Å²) in [5.74, 6) is 0. The highest BCUT2D eigenvalue weighted by Crippen LogP contribution is 2.28. The quantitative estimate of drug-likeness (QED) is 0.757. The van der Waals surface area contributed by atoms with Gasteiger partial charge < -0.3 is 5.11 Å². The van der Waals surface area contributed by atoms with Crippen LogP contribution in [0.4, 0.5) is 5.69 Å². The van der Waals surface area contributed by atoms with Gasteiger partial charge in [-0.1, -0.05) is 18.2 Å². The summed E-state index contributed by atoms with van der Waals surface area (Å²) in [6, 6.07) is 9.88. The number of anilines is 1. The van der Waals surface area contributed by atoms with Crippen LogP contribution in [0.3, 0.4) is 0 Å². The summed E-state index contributed by atoms with van der Waals surface area (Å²) in [5, 5.41) is 10.5. The van der Waals surface area contributed by atoms with E-state index in [-0.39, 0.29) is 6.04 Å². The van der Waals surface area contributed by atoms with Gasteiger partial charge >= 0.3 is 0 Å². The molecule has 2 aromatic rings. The molecule has 118 valence electrons. The lowest BCUT2D eigenvalue weighted by Crippen LogP contribution is -2.35. The average molecular weight is 321 g/mol. The topological polar surface area (TPSA) is 91.3 Å². The molecular formula is C15H19N3O3S. The van der Waals surface area contributed by atoms with Crippen molar-refractivity contribution in [2.24, 2.45) is 0 Å². The third-order valence-electron chi connectivity index (χ3n) is 2.91. The van der Waals surface area contributed by atoms with Gasteiger partial charge in [0.1, 0.15) is 6.10 Å². The summed E-state index contributed by atoms with van der Waals surface area (Å²) in [6.07, 6.45) is 2.21. The van der Waals surface area contributed by atoms with Crippen LogP contribution in [0, 0.1) is 0 Å². The van der Waals surface area contributed by atoms with Gasteiger partial charge in [-0.3, -0.25) is 9.71 Å². The second-order valence-corrected chi connectivity index (χ2v) is 6.60. The maximum atomic E-state index is 12.0. The fourth-order valence-electron chi connectivity index (χ4n) is 2.04. The highest BCUT2D eigenvalue weighted by molar-refractivity contribution is 7.90. The normalized spacial score (nSPS) is 13.1. The second kappa shape index (κ2) is 6.87. The van der Waals surface area contributed by atoms with E-state index in [0.717, 1.165) is 0 Å². The van der Waals surface area contributed by atoms with Gasteiger partial charge in [-0.25, -0.2) is 0 Å². The first kappa shape index (κ1) is 16.4. The number of hydrogen-bond donors (Lipinski definition) is 3. The lowest BCUT2D eigenvalue weighted by Gasteiger charge is -2.18. The molecule has 3 N–H and O–H groups in total. The molecule has 0 amide bonds. The maximum Gasteiger partial charge on any atom is 0.299 e. The summed E-state index contributed by atoms with van der Waals surface area (Å²) in [7, 11) is -3.70. The summed E-state index contributed by atoms with van der Waals surface area (Å²) in [5.41, 5.74) is 1.45. The van der Waals surface area contributed by atoms with Crippen LogP contribution >= 0.6 is 0 Å². The molecule has 0 fully saturated rings. The third kappa shape index (κ3) is 4.27. The fourth-order valence-corrected chi connectivity index (χ4v) is 3.19. The zero-order valence-electron chi connectivity index (χ0n) is 12.4. The van der Waals surface area contributed by atoms with Gasteiger partial charge in [-0.15, -0.1) is 0 Å². The fraction of sp³-hybridized carbons (Fsp3) is 0.267. The number of pyridine rings is 1. The van der Waals surface area contributed by atoms with Crippen LogP contribution in [0.1, 0.15) is 31.1 Å². The Balaban J connectivity index is 2.31. The molecule has 0 aliphatic heterocycles. The minimum atomic E-state index is -3.70. The lowest BCUT2D eigenvalue weighted by atomic mass is 10.0. The minimum absolute atomic E-state index is 0.227. The Morgan fingerprint density at radius 3 is 2.36 bits per heavy atom. The highest BCUT2D eigenvalue weighted by Gasteiger charge is 2.18. The maximum absolute atomic E-state index is 12.0. The summed E-state index contributed by atoms with van der Waals surface area (Å²) >= 11 is 0. The molecule has 0 spiro atoms. The first-order valence-corrected chi connectivity index (χ1v) is 8.34. The Bertz CT molecular complexity index is 718. The molecule has 2 rings (SSSR count). The molecule has 0 aliphatic carbocycles. The monoisotopic (exact) mass is 321 g/mol. The van der Waals surface area contributed by atoms with Crippen molar-refractivity contribution < 1.29 is 13.5 Å². The van der Waals surface area contributed by atoms with Crippen LogP contribution < -0.4 is 9.44 Å². The standard InChI is InChI=1S/C15H19N3O3S/c1-11(2)17-22(20,21)18-14-6-4-3-5-13(14)15(19)12-7-9-16-10-8-12/h3-11,15,17-19H,1-2H3. The molecule has 1 atom stereocenters.